The van der Waals surface area contributed by atoms with Crippen molar-refractivity contribution in [3.05, 3.63) is 6.61 Å². The fourth-order valence-electron chi connectivity index (χ4n) is 1.04. The van der Waals surface area contributed by atoms with Gasteiger partial charge >= 0.3 is 0 Å². The number of hydrogen-bond donors (Lipinski definition) is 0. The van der Waals surface area contributed by atoms with Crippen LogP contribution in [-0.4, -0.2) is 26.1 Å². The molecule has 3 heteroatoms. The van der Waals surface area contributed by atoms with Gasteiger partial charge in [0.15, 0.2) is 6.29 Å². The second-order valence-electron chi connectivity index (χ2n) is 3.45. The number of rotatable bonds is 11. The highest BCUT2D eigenvalue weighted by Crippen LogP contribution is 2.01. The summed E-state index contributed by atoms with van der Waals surface area (Å²) in [6, 6.07) is 0. The lowest BCUT2D eigenvalue weighted by Gasteiger charge is -2.18. The van der Waals surface area contributed by atoms with Crippen LogP contribution >= 0.6 is 0 Å². The minimum Gasteiger partial charge on any atom is -0.371 e. The van der Waals surface area contributed by atoms with Crippen molar-refractivity contribution in [2.45, 2.75) is 52.7 Å². The molecule has 0 saturated carbocycles. The zero-order valence-corrected chi connectivity index (χ0v) is 10.3. The summed E-state index contributed by atoms with van der Waals surface area (Å²) in [6.45, 7) is 9.80. The minimum atomic E-state index is -0.209. The molecule has 0 aromatic rings. The first-order valence-corrected chi connectivity index (χ1v) is 5.97. The maximum atomic E-state index is 5.56. The van der Waals surface area contributed by atoms with E-state index in [-0.39, 0.29) is 6.29 Å². The van der Waals surface area contributed by atoms with Gasteiger partial charge in [-0.1, -0.05) is 26.7 Å². The van der Waals surface area contributed by atoms with Gasteiger partial charge in [0.05, 0.1) is 13.2 Å². The Hall–Kier alpha value is -0.120. The topological polar surface area (TPSA) is 27.7 Å². The van der Waals surface area contributed by atoms with Gasteiger partial charge in [-0.3, -0.25) is 0 Å². The van der Waals surface area contributed by atoms with Crippen LogP contribution in [0.3, 0.4) is 0 Å². The molecule has 0 saturated heterocycles. The molecule has 0 aromatic carbocycles. The van der Waals surface area contributed by atoms with Crippen molar-refractivity contribution in [1.82, 2.24) is 0 Å². The molecule has 0 rings (SSSR count). The summed E-state index contributed by atoms with van der Waals surface area (Å²) in [7, 11) is 0. The van der Waals surface area contributed by atoms with Gasteiger partial charge in [0, 0.05) is 13.2 Å². The molecule has 3 nitrogen and oxygen atoms in total. The molecule has 0 aliphatic rings. The summed E-state index contributed by atoms with van der Waals surface area (Å²) >= 11 is 0. The highest BCUT2D eigenvalue weighted by molar-refractivity contribution is 4.46. The first-order chi connectivity index (χ1) is 7.35. The van der Waals surface area contributed by atoms with E-state index in [1.165, 1.54) is 0 Å². The van der Waals surface area contributed by atoms with Gasteiger partial charge in [0.1, 0.15) is 0 Å². The monoisotopic (exact) mass is 217 g/mol. The van der Waals surface area contributed by atoms with Gasteiger partial charge in [-0.2, -0.15) is 0 Å². The SMILES string of the molecule is C[CH]OCC(OCCCC)OCCCC. The van der Waals surface area contributed by atoms with Crippen molar-refractivity contribution in [2.75, 3.05) is 19.8 Å². The Morgan fingerprint density at radius 3 is 1.93 bits per heavy atom. The fraction of sp³-hybridized carbons (Fsp3) is 0.917. The van der Waals surface area contributed by atoms with E-state index in [1.807, 2.05) is 6.92 Å². The lowest BCUT2D eigenvalue weighted by molar-refractivity contribution is -0.167. The molecule has 0 aromatic heterocycles. The summed E-state index contributed by atoms with van der Waals surface area (Å²) < 4.78 is 16.3. The molecular weight excluding hydrogens is 192 g/mol. The third kappa shape index (κ3) is 10.2. The molecule has 0 atom stereocenters. The van der Waals surface area contributed by atoms with Crippen LogP contribution in [0.4, 0.5) is 0 Å². The lowest BCUT2D eigenvalue weighted by Crippen LogP contribution is -2.24. The molecule has 0 N–H and O–H groups in total. The molecule has 91 valence electrons. The summed E-state index contributed by atoms with van der Waals surface area (Å²) in [5.41, 5.74) is 0. The second kappa shape index (κ2) is 12.0. The van der Waals surface area contributed by atoms with Crippen LogP contribution in [0, 0.1) is 6.61 Å². The molecule has 1 radical (unpaired) electrons. The van der Waals surface area contributed by atoms with E-state index in [0.717, 1.165) is 38.9 Å². The predicted molar refractivity (Wildman–Crippen MR) is 61.4 cm³/mol. The van der Waals surface area contributed by atoms with E-state index in [0.29, 0.717) is 6.61 Å². The first-order valence-electron chi connectivity index (χ1n) is 5.97. The van der Waals surface area contributed by atoms with Crippen LogP contribution in [0.25, 0.3) is 0 Å². The Morgan fingerprint density at radius 1 is 1.00 bits per heavy atom. The van der Waals surface area contributed by atoms with Crippen LogP contribution in [0.2, 0.25) is 0 Å². The maximum absolute atomic E-state index is 5.56. The molecule has 0 heterocycles. The van der Waals surface area contributed by atoms with Crippen molar-refractivity contribution >= 4 is 0 Å². The Morgan fingerprint density at radius 2 is 1.53 bits per heavy atom. The zero-order valence-electron chi connectivity index (χ0n) is 10.3. The van der Waals surface area contributed by atoms with Crippen molar-refractivity contribution in [3.8, 4) is 0 Å². The van der Waals surface area contributed by atoms with E-state index in [1.54, 1.807) is 6.61 Å². The van der Waals surface area contributed by atoms with Crippen LogP contribution in [-0.2, 0) is 14.2 Å². The third-order valence-corrected chi connectivity index (χ3v) is 2.00. The third-order valence-electron chi connectivity index (χ3n) is 2.00. The van der Waals surface area contributed by atoms with Gasteiger partial charge in [-0.15, -0.1) is 0 Å². The molecule has 0 amide bonds. The molecule has 0 aliphatic carbocycles. The molecule has 15 heavy (non-hydrogen) atoms. The smallest absolute Gasteiger partial charge is 0.180 e. The highest BCUT2D eigenvalue weighted by atomic mass is 16.7. The predicted octanol–water partition coefficient (Wildman–Crippen LogP) is 3.14. The van der Waals surface area contributed by atoms with Crippen LogP contribution in [0.5, 0.6) is 0 Å². The standard InChI is InChI=1S/C12H25O3/c1-4-7-9-14-12(11-13-6-3)15-10-8-5-2/h6,12H,4-5,7-11H2,1-3H3. The van der Waals surface area contributed by atoms with E-state index >= 15 is 0 Å². The van der Waals surface area contributed by atoms with E-state index in [2.05, 4.69) is 13.8 Å². The van der Waals surface area contributed by atoms with E-state index in [9.17, 15) is 0 Å². The van der Waals surface area contributed by atoms with Crippen molar-refractivity contribution in [3.63, 3.8) is 0 Å². The molecular formula is C12H25O3. The van der Waals surface area contributed by atoms with Gasteiger partial charge < -0.3 is 14.2 Å². The first kappa shape index (κ1) is 14.9. The average molecular weight is 217 g/mol. The fourth-order valence-corrected chi connectivity index (χ4v) is 1.04. The Balaban J connectivity index is 3.53. The summed E-state index contributed by atoms with van der Waals surface area (Å²) in [6.07, 6.45) is 4.22. The Kier molecular flexibility index (Phi) is 11.9. The maximum Gasteiger partial charge on any atom is 0.180 e. The lowest BCUT2D eigenvalue weighted by atomic mass is 10.3. The molecule has 0 unspecified atom stereocenters. The van der Waals surface area contributed by atoms with E-state index in [4.69, 9.17) is 14.2 Å². The summed E-state index contributed by atoms with van der Waals surface area (Å²) in [5, 5.41) is 0. The average Bonchev–Trinajstić information content (AvgIpc) is 2.25. The summed E-state index contributed by atoms with van der Waals surface area (Å²) in [5.74, 6) is 0. The zero-order chi connectivity index (χ0) is 11.4. The van der Waals surface area contributed by atoms with Crippen molar-refractivity contribution in [2.24, 2.45) is 0 Å². The number of hydrogen-bond acceptors (Lipinski definition) is 3. The van der Waals surface area contributed by atoms with Gasteiger partial charge in [0.25, 0.3) is 0 Å². The number of unbranched alkanes of at least 4 members (excludes halogenated alkanes) is 2. The van der Waals surface area contributed by atoms with Gasteiger partial charge in [-0.25, -0.2) is 0 Å². The van der Waals surface area contributed by atoms with Gasteiger partial charge in [-0.05, 0) is 19.8 Å². The minimum absolute atomic E-state index is 0.209. The van der Waals surface area contributed by atoms with Crippen LogP contribution in [0.15, 0.2) is 0 Å². The largest absolute Gasteiger partial charge is 0.371 e. The molecule has 0 bridgehead atoms. The van der Waals surface area contributed by atoms with Crippen molar-refractivity contribution in [1.29, 1.82) is 0 Å². The molecule has 0 fully saturated rings. The Bertz CT molecular complexity index is 107. The Labute approximate surface area is 94.1 Å². The highest BCUT2D eigenvalue weighted by Gasteiger charge is 2.08. The number of ether oxygens (including phenoxy) is 3. The quantitative estimate of drug-likeness (QED) is 0.393. The normalized spacial score (nSPS) is 11.2. The van der Waals surface area contributed by atoms with Crippen LogP contribution < -0.4 is 0 Å². The van der Waals surface area contributed by atoms with Crippen LogP contribution in [0.1, 0.15) is 46.5 Å². The molecule has 0 aliphatic heterocycles. The summed E-state index contributed by atoms with van der Waals surface area (Å²) in [4.78, 5) is 0. The van der Waals surface area contributed by atoms with Gasteiger partial charge in [0.2, 0.25) is 0 Å². The van der Waals surface area contributed by atoms with Crippen molar-refractivity contribution < 1.29 is 14.2 Å². The van der Waals surface area contributed by atoms with E-state index < -0.39 is 0 Å². The molecule has 0 spiro atoms. The second-order valence-corrected chi connectivity index (χ2v) is 3.45.